The van der Waals surface area contributed by atoms with E-state index in [0.29, 0.717) is 0 Å². The van der Waals surface area contributed by atoms with Gasteiger partial charge in [-0.2, -0.15) is 0 Å². The van der Waals surface area contributed by atoms with Crippen LogP contribution in [0, 0.1) is 0 Å². The molecule has 0 fully saturated rings. The van der Waals surface area contributed by atoms with Gasteiger partial charge in [-0.25, -0.2) is 0 Å². The number of fused-ring (bicyclic) bond motifs is 3. The van der Waals surface area contributed by atoms with Crippen molar-refractivity contribution in [2.75, 3.05) is 0 Å². The number of aromatic nitrogens is 1. The number of rotatable bonds is 2. The summed E-state index contributed by atoms with van der Waals surface area (Å²) in [5.41, 5.74) is 6.83. The highest BCUT2D eigenvalue weighted by Gasteiger charge is 2.20. The van der Waals surface area contributed by atoms with Crippen molar-refractivity contribution in [2.45, 2.75) is 13.0 Å². The van der Waals surface area contributed by atoms with E-state index in [-0.39, 0.29) is 0 Å². The first-order valence-corrected chi connectivity index (χ1v) is 7.37. The Hall–Kier alpha value is -2.48. The van der Waals surface area contributed by atoms with E-state index in [0.717, 1.165) is 13.0 Å². The van der Waals surface area contributed by atoms with E-state index < -0.39 is 0 Å². The topological polar surface area (TPSA) is 17.0 Å². The van der Waals surface area contributed by atoms with Crippen LogP contribution in [0.25, 0.3) is 16.5 Å². The molecule has 1 aromatic heterocycles. The Morgan fingerprint density at radius 2 is 1.76 bits per heavy atom. The van der Waals surface area contributed by atoms with Gasteiger partial charge in [0.2, 0.25) is 0 Å². The van der Waals surface area contributed by atoms with Crippen molar-refractivity contribution in [2.24, 2.45) is 7.05 Å². The highest BCUT2D eigenvalue weighted by molar-refractivity contribution is 5.95. The van der Waals surface area contributed by atoms with Crippen LogP contribution in [0.15, 0.2) is 60.8 Å². The summed E-state index contributed by atoms with van der Waals surface area (Å²) >= 11 is 0. The van der Waals surface area contributed by atoms with Gasteiger partial charge in [0.05, 0.1) is 6.54 Å². The van der Waals surface area contributed by atoms with Gasteiger partial charge in [0.25, 0.3) is 0 Å². The van der Waals surface area contributed by atoms with Crippen LogP contribution in [0.4, 0.5) is 0 Å². The number of hydrogen-bond donors (Lipinski definition) is 1. The van der Waals surface area contributed by atoms with Gasteiger partial charge in [-0.15, -0.1) is 0 Å². The predicted octanol–water partition coefficient (Wildman–Crippen LogP) is 3.87. The first kappa shape index (κ1) is 12.3. The predicted molar refractivity (Wildman–Crippen MR) is 87.9 cm³/mol. The Morgan fingerprint density at radius 1 is 1.00 bits per heavy atom. The number of hydrogen-bond acceptors (Lipinski definition) is 1. The minimum Gasteiger partial charge on any atom is -0.385 e. The average molecular weight is 274 g/mol. The molecule has 1 aliphatic heterocycles. The Balaban J connectivity index is 1.86. The van der Waals surface area contributed by atoms with Crippen molar-refractivity contribution in [3.05, 3.63) is 77.6 Å². The zero-order chi connectivity index (χ0) is 14.2. The van der Waals surface area contributed by atoms with Crippen LogP contribution < -0.4 is 5.32 Å². The third kappa shape index (κ3) is 1.95. The van der Waals surface area contributed by atoms with Gasteiger partial charge in [-0.3, -0.25) is 0 Å². The molecule has 0 unspecified atom stereocenters. The van der Waals surface area contributed by atoms with Crippen molar-refractivity contribution < 1.29 is 0 Å². The van der Waals surface area contributed by atoms with E-state index in [1.54, 1.807) is 0 Å². The number of nitrogens with zero attached hydrogens (tertiary/aromatic N) is 1. The molecular weight excluding hydrogens is 256 g/mol. The maximum atomic E-state index is 3.43. The highest BCUT2D eigenvalue weighted by Crippen LogP contribution is 2.34. The number of benzene rings is 2. The van der Waals surface area contributed by atoms with E-state index in [1.165, 1.54) is 33.3 Å². The van der Waals surface area contributed by atoms with Crippen LogP contribution in [0.3, 0.4) is 0 Å². The molecule has 4 rings (SSSR count). The second-order valence-corrected chi connectivity index (χ2v) is 5.61. The molecule has 2 nitrogen and oxygen atoms in total. The summed E-state index contributed by atoms with van der Waals surface area (Å²) in [6, 6.07) is 19.4. The second-order valence-electron chi connectivity index (χ2n) is 5.61. The molecule has 0 bridgehead atoms. The first-order chi connectivity index (χ1) is 10.3. The molecule has 0 saturated heterocycles. The lowest BCUT2D eigenvalue weighted by atomic mass is 9.95. The fourth-order valence-corrected chi connectivity index (χ4v) is 3.31. The first-order valence-electron chi connectivity index (χ1n) is 7.37. The molecule has 2 aromatic carbocycles. The second kappa shape index (κ2) is 4.81. The van der Waals surface area contributed by atoms with Crippen molar-refractivity contribution in [1.29, 1.82) is 0 Å². The molecule has 104 valence electrons. The fourth-order valence-electron chi connectivity index (χ4n) is 3.31. The van der Waals surface area contributed by atoms with Crippen molar-refractivity contribution in [3.63, 3.8) is 0 Å². The van der Waals surface area contributed by atoms with Crippen molar-refractivity contribution in [3.8, 4) is 0 Å². The summed E-state index contributed by atoms with van der Waals surface area (Å²) < 4.78 is 2.32. The van der Waals surface area contributed by atoms with Gasteiger partial charge in [0.1, 0.15) is 0 Å². The van der Waals surface area contributed by atoms with Gasteiger partial charge in [0.15, 0.2) is 0 Å². The van der Waals surface area contributed by atoms with E-state index in [1.807, 2.05) is 0 Å². The van der Waals surface area contributed by atoms with E-state index in [2.05, 4.69) is 77.7 Å². The smallest absolute Gasteiger partial charge is 0.0554 e. The summed E-state index contributed by atoms with van der Waals surface area (Å²) in [5.74, 6) is 0. The lowest BCUT2D eigenvalue weighted by Crippen LogP contribution is -2.16. The van der Waals surface area contributed by atoms with Crippen LogP contribution in [-0.2, 0) is 20.0 Å². The van der Waals surface area contributed by atoms with Gasteiger partial charge >= 0.3 is 0 Å². The minimum atomic E-state index is 0.902. The fraction of sp³-hybridized carbons (Fsp3) is 0.158. The van der Waals surface area contributed by atoms with E-state index in [9.17, 15) is 0 Å². The molecule has 2 heterocycles. The molecule has 0 spiro atoms. The van der Waals surface area contributed by atoms with Gasteiger partial charge in [-0.1, -0.05) is 48.5 Å². The summed E-state index contributed by atoms with van der Waals surface area (Å²) in [5, 5.41) is 4.79. The van der Waals surface area contributed by atoms with Crippen molar-refractivity contribution >= 4 is 16.5 Å². The van der Waals surface area contributed by atoms with Gasteiger partial charge in [0, 0.05) is 35.4 Å². The Morgan fingerprint density at radius 3 is 2.62 bits per heavy atom. The molecule has 0 saturated carbocycles. The number of nitrogens with one attached hydrogen (secondary N) is 1. The largest absolute Gasteiger partial charge is 0.385 e. The molecule has 0 aliphatic carbocycles. The van der Waals surface area contributed by atoms with Crippen LogP contribution >= 0.6 is 0 Å². The lowest BCUT2D eigenvalue weighted by molar-refractivity contribution is 0.759. The van der Waals surface area contributed by atoms with Crippen LogP contribution in [-0.4, -0.2) is 4.57 Å². The SMILES string of the molecule is Cn1c2c(c3ccccc31)C(Cc1ccccc1)=CNC2. The average Bonchev–Trinajstić information content (AvgIpc) is 2.83. The summed E-state index contributed by atoms with van der Waals surface area (Å²) in [6.07, 6.45) is 3.15. The maximum Gasteiger partial charge on any atom is 0.0554 e. The van der Waals surface area contributed by atoms with Crippen LogP contribution in [0.5, 0.6) is 0 Å². The standard InChI is InChI=1S/C19H18N2/c1-21-17-10-6-5-9-16(17)19-15(12-20-13-18(19)21)11-14-7-3-2-4-8-14/h2-10,12,20H,11,13H2,1H3. The maximum absolute atomic E-state index is 3.43. The normalized spacial score (nSPS) is 13.7. The molecule has 21 heavy (non-hydrogen) atoms. The van der Waals surface area contributed by atoms with Crippen LogP contribution in [0.2, 0.25) is 0 Å². The molecule has 3 aromatic rings. The van der Waals surface area contributed by atoms with E-state index in [4.69, 9.17) is 0 Å². The quantitative estimate of drug-likeness (QED) is 0.750. The number of aryl methyl sites for hydroxylation is 1. The van der Waals surface area contributed by atoms with Crippen molar-refractivity contribution in [1.82, 2.24) is 9.88 Å². The molecular formula is C19H18N2. The molecule has 0 amide bonds. The zero-order valence-corrected chi connectivity index (χ0v) is 12.1. The molecule has 0 radical (unpaired) electrons. The number of para-hydroxylation sites is 1. The molecule has 0 atom stereocenters. The highest BCUT2D eigenvalue weighted by atomic mass is 15.0. The summed E-state index contributed by atoms with van der Waals surface area (Å²) in [7, 11) is 2.16. The molecule has 1 aliphatic rings. The third-order valence-electron chi connectivity index (χ3n) is 4.33. The molecule has 1 N–H and O–H groups in total. The lowest BCUT2D eigenvalue weighted by Gasteiger charge is -2.17. The Labute approximate surface area is 124 Å². The van der Waals surface area contributed by atoms with Gasteiger partial charge in [-0.05, 0) is 23.6 Å². The minimum absolute atomic E-state index is 0.902. The Bertz CT molecular complexity index is 825. The third-order valence-corrected chi connectivity index (χ3v) is 4.33. The zero-order valence-electron chi connectivity index (χ0n) is 12.1. The molecule has 2 heteroatoms. The number of allylic oxidation sites excluding steroid dienone is 1. The summed E-state index contributed by atoms with van der Waals surface area (Å²) in [6.45, 7) is 0.902. The van der Waals surface area contributed by atoms with E-state index >= 15 is 0 Å². The van der Waals surface area contributed by atoms with Crippen LogP contribution in [0.1, 0.15) is 16.8 Å². The Kier molecular flexibility index (Phi) is 2.81. The monoisotopic (exact) mass is 274 g/mol. The van der Waals surface area contributed by atoms with Gasteiger partial charge < -0.3 is 9.88 Å². The summed E-state index contributed by atoms with van der Waals surface area (Å²) in [4.78, 5) is 0.